The number of fused-ring (bicyclic) bond motifs is 1. The Kier molecular flexibility index (Phi) is 3.78. The predicted octanol–water partition coefficient (Wildman–Crippen LogP) is 6.53. The molecule has 0 aliphatic carbocycles. The van der Waals surface area contributed by atoms with Crippen molar-refractivity contribution >= 4 is 22.1 Å². The van der Waals surface area contributed by atoms with Crippen molar-refractivity contribution in [3.05, 3.63) is 78.4 Å². The summed E-state index contributed by atoms with van der Waals surface area (Å²) in [5, 5.41) is 20.5. The fourth-order valence-electron chi connectivity index (χ4n) is 2.74. The van der Waals surface area contributed by atoms with Crippen LogP contribution >= 0.6 is 0 Å². The predicted molar refractivity (Wildman–Crippen MR) is 98.7 cm³/mol. The van der Waals surface area contributed by atoms with Crippen LogP contribution in [0.15, 0.2) is 87.4 Å². The first-order valence-corrected chi connectivity index (χ1v) is 8.00. The minimum atomic E-state index is -0.237. The van der Waals surface area contributed by atoms with Gasteiger partial charge in [0.2, 0.25) is 0 Å². The van der Waals surface area contributed by atoms with Gasteiger partial charge in [-0.25, -0.2) is 0 Å². The van der Waals surface area contributed by atoms with E-state index in [2.05, 4.69) is 10.2 Å². The van der Waals surface area contributed by atoms with E-state index in [1.165, 1.54) is 0 Å². The summed E-state index contributed by atoms with van der Waals surface area (Å²) < 4.78 is 5.52. The van der Waals surface area contributed by atoms with E-state index >= 15 is 0 Å². The first kappa shape index (κ1) is 15.1. The first-order valence-electron chi connectivity index (χ1n) is 8.00. The third kappa shape index (κ3) is 3.02. The smallest absolute Gasteiger partial charge is 0.311 e. The molecule has 0 amide bonds. The van der Waals surface area contributed by atoms with E-state index in [4.69, 9.17) is 4.42 Å². The second kappa shape index (κ2) is 6.24. The number of aromatic hydroxyl groups is 1. The number of hydrogen-bond donors (Lipinski definition) is 1. The maximum atomic E-state index is 10.1. The highest BCUT2D eigenvalue weighted by molar-refractivity contribution is 5.95. The maximum absolute atomic E-state index is 10.1. The van der Waals surface area contributed by atoms with Crippen LogP contribution < -0.4 is 0 Å². The minimum Gasteiger partial charge on any atom is -0.479 e. The number of aryl methyl sites for hydroxylation is 1. The minimum absolute atomic E-state index is 0.237. The number of hydrogen-bond acceptors (Lipinski definition) is 4. The molecule has 122 valence electrons. The van der Waals surface area contributed by atoms with E-state index in [1.54, 1.807) is 6.07 Å². The number of benzene rings is 3. The van der Waals surface area contributed by atoms with Crippen molar-refractivity contribution < 1.29 is 9.52 Å². The van der Waals surface area contributed by atoms with Gasteiger partial charge in [-0.3, -0.25) is 0 Å². The van der Waals surface area contributed by atoms with Crippen LogP contribution in [0.4, 0.5) is 11.4 Å². The lowest BCUT2D eigenvalue weighted by atomic mass is 10.0. The monoisotopic (exact) mass is 328 g/mol. The summed E-state index contributed by atoms with van der Waals surface area (Å²) in [6.45, 7) is 2.01. The highest BCUT2D eigenvalue weighted by Crippen LogP contribution is 2.39. The van der Waals surface area contributed by atoms with Crippen LogP contribution in [0.2, 0.25) is 0 Å². The number of nitrogens with zero attached hydrogens (tertiary/aromatic N) is 2. The average molecular weight is 328 g/mol. The molecule has 0 fully saturated rings. The summed E-state index contributed by atoms with van der Waals surface area (Å²) in [5.74, 6) is 0.325. The fraction of sp³-hybridized carbons (Fsp3) is 0.0476. The van der Waals surface area contributed by atoms with E-state index in [0.29, 0.717) is 11.4 Å². The van der Waals surface area contributed by atoms with Crippen molar-refractivity contribution in [1.29, 1.82) is 0 Å². The first-order chi connectivity index (χ1) is 12.2. The van der Waals surface area contributed by atoms with E-state index in [0.717, 1.165) is 27.6 Å². The lowest BCUT2D eigenvalue weighted by molar-refractivity contribution is 0.339. The van der Waals surface area contributed by atoms with Gasteiger partial charge in [0.15, 0.2) is 5.69 Å². The van der Waals surface area contributed by atoms with E-state index in [-0.39, 0.29) is 5.95 Å². The fourth-order valence-corrected chi connectivity index (χ4v) is 2.74. The van der Waals surface area contributed by atoms with Crippen LogP contribution in [-0.2, 0) is 0 Å². The van der Waals surface area contributed by atoms with Crippen LogP contribution in [0, 0.1) is 6.92 Å². The Morgan fingerprint density at radius 2 is 1.60 bits per heavy atom. The van der Waals surface area contributed by atoms with Gasteiger partial charge in [0.05, 0.1) is 5.69 Å². The molecule has 0 aliphatic rings. The lowest BCUT2D eigenvalue weighted by Gasteiger charge is -2.02. The van der Waals surface area contributed by atoms with Crippen molar-refractivity contribution in [2.75, 3.05) is 0 Å². The van der Waals surface area contributed by atoms with Gasteiger partial charge in [0, 0.05) is 11.6 Å². The summed E-state index contributed by atoms with van der Waals surface area (Å²) in [7, 11) is 0. The molecule has 0 spiro atoms. The largest absolute Gasteiger partial charge is 0.479 e. The molecule has 0 bridgehead atoms. The zero-order valence-corrected chi connectivity index (χ0v) is 13.7. The molecule has 4 heteroatoms. The van der Waals surface area contributed by atoms with Gasteiger partial charge in [0.25, 0.3) is 0 Å². The standard InChI is InChI=1S/C21H16N2O2/c1-14-9-11-16(12-10-14)22-23-19-13-20(25-21(19)24)18-8-4-6-15-5-2-3-7-17(15)18/h2-13,24H,1H3. The third-order valence-corrected chi connectivity index (χ3v) is 4.06. The van der Waals surface area contributed by atoms with Gasteiger partial charge in [0.1, 0.15) is 5.76 Å². The molecule has 1 aromatic heterocycles. The van der Waals surface area contributed by atoms with Gasteiger partial charge in [-0.05, 0) is 29.8 Å². The molecule has 3 aromatic carbocycles. The SMILES string of the molecule is Cc1ccc(N=Nc2cc(-c3cccc4ccccc34)oc2O)cc1. The summed E-state index contributed by atoms with van der Waals surface area (Å²) in [5.41, 5.74) is 3.09. The summed E-state index contributed by atoms with van der Waals surface area (Å²) in [6.07, 6.45) is 0. The third-order valence-electron chi connectivity index (χ3n) is 4.06. The average Bonchev–Trinajstić information content (AvgIpc) is 3.01. The molecule has 0 unspecified atom stereocenters. The Hall–Kier alpha value is -3.40. The quantitative estimate of drug-likeness (QED) is 0.435. The Bertz CT molecular complexity index is 1060. The molecule has 4 nitrogen and oxygen atoms in total. The van der Waals surface area contributed by atoms with Gasteiger partial charge in [-0.1, -0.05) is 60.2 Å². The zero-order chi connectivity index (χ0) is 17.2. The van der Waals surface area contributed by atoms with Crippen molar-refractivity contribution in [2.24, 2.45) is 10.2 Å². The van der Waals surface area contributed by atoms with Gasteiger partial charge >= 0.3 is 5.95 Å². The van der Waals surface area contributed by atoms with Crippen LogP contribution in [0.3, 0.4) is 0 Å². The topological polar surface area (TPSA) is 58.1 Å². The van der Waals surface area contributed by atoms with Crippen molar-refractivity contribution in [1.82, 2.24) is 0 Å². The molecular formula is C21H16N2O2. The highest BCUT2D eigenvalue weighted by atomic mass is 16.5. The highest BCUT2D eigenvalue weighted by Gasteiger charge is 2.13. The van der Waals surface area contributed by atoms with Gasteiger partial charge in [-0.15, -0.1) is 5.11 Å². The van der Waals surface area contributed by atoms with Crippen molar-refractivity contribution in [3.8, 4) is 17.3 Å². The second-order valence-corrected chi connectivity index (χ2v) is 5.86. The lowest BCUT2D eigenvalue weighted by Crippen LogP contribution is -1.77. The van der Waals surface area contributed by atoms with Crippen molar-refractivity contribution in [3.63, 3.8) is 0 Å². The zero-order valence-electron chi connectivity index (χ0n) is 13.7. The van der Waals surface area contributed by atoms with E-state index in [9.17, 15) is 5.11 Å². The normalized spacial score (nSPS) is 11.4. The second-order valence-electron chi connectivity index (χ2n) is 5.86. The molecule has 4 rings (SSSR count). The molecule has 1 heterocycles. The molecule has 0 saturated heterocycles. The van der Waals surface area contributed by atoms with E-state index < -0.39 is 0 Å². The molecule has 25 heavy (non-hydrogen) atoms. The molecule has 0 radical (unpaired) electrons. The summed E-state index contributed by atoms with van der Waals surface area (Å²) in [4.78, 5) is 0. The Morgan fingerprint density at radius 3 is 2.44 bits per heavy atom. The van der Waals surface area contributed by atoms with Gasteiger partial charge in [-0.2, -0.15) is 5.11 Å². The number of furan rings is 1. The van der Waals surface area contributed by atoms with Crippen LogP contribution in [-0.4, -0.2) is 5.11 Å². The Morgan fingerprint density at radius 1 is 0.840 bits per heavy atom. The molecule has 1 N–H and O–H groups in total. The maximum Gasteiger partial charge on any atom is 0.311 e. The molecule has 4 aromatic rings. The summed E-state index contributed by atoms with van der Waals surface area (Å²) >= 11 is 0. The molecule has 0 atom stereocenters. The summed E-state index contributed by atoms with van der Waals surface area (Å²) in [6, 6.07) is 23.4. The molecular weight excluding hydrogens is 312 g/mol. The van der Waals surface area contributed by atoms with E-state index in [1.807, 2.05) is 73.7 Å². The molecule has 0 saturated carbocycles. The Labute approximate surface area is 145 Å². The van der Waals surface area contributed by atoms with Gasteiger partial charge < -0.3 is 9.52 Å². The van der Waals surface area contributed by atoms with Crippen LogP contribution in [0.25, 0.3) is 22.1 Å². The molecule has 0 aliphatic heterocycles. The van der Waals surface area contributed by atoms with Crippen LogP contribution in [0.1, 0.15) is 5.56 Å². The van der Waals surface area contributed by atoms with Crippen molar-refractivity contribution in [2.45, 2.75) is 6.92 Å². The van der Waals surface area contributed by atoms with Crippen LogP contribution in [0.5, 0.6) is 5.95 Å². The number of rotatable bonds is 3. The number of azo groups is 1. The Balaban J connectivity index is 1.71.